The summed E-state index contributed by atoms with van der Waals surface area (Å²) in [7, 11) is -3.52. The van der Waals surface area contributed by atoms with Crippen LogP contribution in [0.2, 0.25) is 0 Å². The highest BCUT2D eigenvalue weighted by Crippen LogP contribution is 2.27. The molecule has 1 aliphatic rings. The molecule has 0 bridgehead atoms. The van der Waals surface area contributed by atoms with Gasteiger partial charge < -0.3 is 10.4 Å². The molecule has 0 spiro atoms. The normalized spacial score (nSPS) is 19.6. The van der Waals surface area contributed by atoms with Crippen LogP contribution in [0.4, 0.5) is 4.79 Å². The summed E-state index contributed by atoms with van der Waals surface area (Å²) in [6.07, 6.45) is -0.421. The molecule has 0 aromatic heterocycles. The Morgan fingerprint density at radius 2 is 2.24 bits per heavy atom. The Balaban J connectivity index is 2.12. The summed E-state index contributed by atoms with van der Waals surface area (Å²) in [6, 6.07) is 5.07. The van der Waals surface area contributed by atoms with Crippen LogP contribution in [0.1, 0.15) is 12.0 Å². The first-order valence-corrected chi connectivity index (χ1v) is 8.77. The first-order chi connectivity index (χ1) is 9.80. The van der Waals surface area contributed by atoms with E-state index < -0.39 is 16.1 Å². The number of carboxylic acid groups (broad SMARTS) is 1. The van der Waals surface area contributed by atoms with Crippen LogP contribution in [0.25, 0.3) is 0 Å². The van der Waals surface area contributed by atoms with Gasteiger partial charge in [0.15, 0.2) is 0 Å². The molecule has 0 radical (unpaired) electrons. The predicted molar refractivity (Wildman–Crippen MR) is 81.8 cm³/mol. The number of hydrogen-bond donors (Lipinski definition) is 2. The van der Waals surface area contributed by atoms with Gasteiger partial charge in [-0.05, 0) is 43.0 Å². The summed E-state index contributed by atoms with van der Waals surface area (Å²) in [6.45, 7) is 2.81. The number of sulfonamides is 1. The second kappa shape index (κ2) is 6.33. The molecule has 2 rings (SSSR count). The lowest BCUT2D eigenvalue weighted by Crippen LogP contribution is -2.32. The van der Waals surface area contributed by atoms with Crippen molar-refractivity contribution in [1.29, 1.82) is 0 Å². The van der Waals surface area contributed by atoms with Gasteiger partial charge in [0.2, 0.25) is 10.0 Å². The van der Waals surface area contributed by atoms with E-state index in [4.69, 9.17) is 5.11 Å². The van der Waals surface area contributed by atoms with Crippen LogP contribution < -0.4 is 5.32 Å². The zero-order chi connectivity index (χ0) is 15.6. The average Bonchev–Trinajstić information content (AvgIpc) is 2.85. The molecule has 6 nitrogen and oxygen atoms in total. The van der Waals surface area contributed by atoms with Gasteiger partial charge >= 0.3 is 6.09 Å². The number of amides is 1. The molecule has 8 heteroatoms. The maximum absolute atomic E-state index is 12.6. The SMILES string of the molecule is Cc1cc(Br)ccc1S(=O)(=O)N1CC[C@H](CNC(=O)O)C1. The molecule has 1 heterocycles. The Kier molecular flexibility index (Phi) is 4.90. The summed E-state index contributed by atoms with van der Waals surface area (Å²) in [5.41, 5.74) is 0.691. The molecular weight excluding hydrogens is 360 g/mol. The molecule has 0 saturated carbocycles. The monoisotopic (exact) mass is 376 g/mol. The quantitative estimate of drug-likeness (QED) is 0.841. The fourth-order valence-electron chi connectivity index (χ4n) is 2.46. The fourth-order valence-corrected chi connectivity index (χ4v) is 4.67. The van der Waals surface area contributed by atoms with Crippen molar-refractivity contribution in [3.8, 4) is 0 Å². The van der Waals surface area contributed by atoms with Crippen molar-refractivity contribution in [2.45, 2.75) is 18.2 Å². The molecule has 0 aliphatic carbocycles. The van der Waals surface area contributed by atoms with E-state index in [1.807, 2.05) is 0 Å². The molecule has 0 unspecified atom stereocenters. The smallest absolute Gasteiger partial charge is 0.404 e. The van der Waals surface area contributed by atoms with E-state index in [0.29, 0.717) is 30.0 Å². The van der Waals surface area contributed by atoms with Gasteiger partial charge in [-0.25, -0.2) is 13.2 Å². The van der Waals surface area contributed by atoms with Gasteiger partial charge in [-0.3, -0.25) is 0 Å². The zero-order valence-electron chi connectivity index (χ0n) is 11.5. The van der Waals surface area contributed by atoms with Crippen LogP contribution in [-0.2, 0) is 10.0 Å². The number of hydrogen-bond acceptors (Lipinski definition) is 3. The molecule has 21 heavy (non-hydrogen) atoms. The highest BCUT2D eigenvalue weighted by Gasteiger charge is 2.33. The van der Waals surface area contributed by atoms with Crippen LogP contribution in [0.15, 0.2) is 27.6 Å². The van der Waals surface area contributed by atoms with E-state index in [1.54, 1.807) is 25.1 Å². The standard InChI is InChI=1S/C13H17BrN2O4S/c1-9-6-11(14)2-3-12(9)21(19,20)16-5-4-10(8-16)7-15-13(17)18/h2-3,6,10,15H,4-5,7-8H2,1H3,(H,17,18)/t10-/m1/s1. The molecule has 1 fully saturated rings. The van der Waals surface area contributed by atoms with Crippen molar-refractivity contribution >= 4 is 32.0 Å². The molecule has 1 aromatic carbocycles. The van der Waals surface area contributed by atoms with Gasteiger partial charge in [0.05, 0.1) is 4.90 Å². The molecule has 1 aromatic rings. The van der Waals surface area contributed by atoms with Crippen molar-refractivity contribution < 1.29 is 18.3 Å². The summed E-state index contributed by atoms with van der Waals surface area (Å²) in [4.78, 5) is 10.8. The molecule has 2 N–H and O–H groups in total. The zero-order valence-corrected chi connectivity index (χ0v) is 13.9. The summed E-state index contributed by atoms with van der Waals surface area (Å²) >= 11 is 3.32. The molecular formula is C13H17BrN2O4S. The molecule has 1 saturated heterocycles. The van der Waals surface area contributed by atoms with Crippen molar-refractivity contribution in [3.63, 3.8) is 0 Å². The lowest BCUT2D eigenvalue weighted by molar-refractivity contribution is 0.192. The number of halogens is 1. The average molecular weight is 377 g/mol. The van der Waals surface area contributed by atoms with Crippen LogP contribution in [0.5, 0.6) is 0 Å². The number of benzene rings is 1. The van der Waals surface area contributed by atoms with Gasteiger partial charge in [-0.15, -0.1) is 0 Å². The highest BCUT2D eigenvalue weighted by molar-refractivity contribution is 9.10. The summed E-state index contributed by atoms with van der Waals surface area (Å²) in [5.74, 6) is 0.0200. The second-order valence-corrected chi connectivity index (χ2v) is 7.94. The third-order valence-corrected chi connectivity index (χ3v) is 6.06. The van der Waals surface area contributed by atoms with Crippen molar-refractivity contribution in [3.05, 3.63) is 28.2 Å². The lowest BCUT2D eigenvalue weighted by atomic mass is 10.1. The topological polar surface area (TPSA) is 86.7 Å². The Hall–Kier alpha value is -1.12. The minimum absolute atomic E-state index is 0.0200. The Bertz CT molecular complexity index is 648. The Morgan fingerprint density at radius 3 is 2.86 bits per heavy atom. The molecule has 1 atom stereocenters. The van der Waals surface area contributed by atoms with Gasteiger partial charge in [-0.2, -0.15) is 4.31 Å². The Labute approximate surface area is 132 Å². The van der Waals surface area contributed by atoms with E-state index >= 15 is 0 Å². The minimum atomic E-state index is -3.52. The van der Waals surface area contributed by atoms with Gasteiger partial charge in [0.25, 0.3) is 0 Å². The van der Waals surface area contributed by atoms with E-state index in [1.165, 1.54) is 4.31 Å². The lowest BCUT2D eigenvalue weighted by Gasteiger charge is -2.18. The molecule has 1 aliphatic heterocycles. The van der Waals surface area contributed by atoms with Crippen LogP contribution >= 0.6 is 15.9 Å². The van der Waals surface area contributed by atoms with E-state index in [9.17, 15) is 13.2 Å². The van der Waals surface area contributed by atoms with Crippen molar-refractivity contribution in [2.24, 2.45) is 5.92 Å². The van der Waals surface area contributed by atoms with E-state index in [2.05, 4.69) is 21.2 Å². The summed E-state index contributed by atoms with van der Waals surface area (Å²) in [5, 5.41) is 10.9. The minimum Gasteiger partial charge on any atom is -0.465 e. The molecule has 1 amide bonds. The van der Waals surface area contributed by atoms with E-state index in [-0.39, 0.29) is 12.5 Å². The number of nitrogens with zero attached hydrogens (tertiary/aromatic N) is 1. The number of nitrogens with one attached hydrogen (secondary N) is 1. The van der Waals surface area contributed by atoms with Gasteiger partial charge in [0.1, 0.15) is 0 Å². The van der Waals surface area contributed by atoms with Crippen LogP contribution in [-0.4, -0.2) is 43.6 Å². The highest BCUT2D eigenvalue weighted by atomic mass is 79.9. The third kappa shape index (κ3) is 3.75. The first-order valence-electron chi connectivity index (χ1n) is 6.54. The predicted octanol–water partition coefficient (Wildman–Crippen LogP) is 2.04. The number of aryl methyl sites for hydroxylation is 1. The largest absolute Gasteiger partial charge is 0.465 e. The van der Waals surface area contributed by atoms with Gasteiger partial charge in [0, 0.05) is 24.1 Å². The van der Waals surface area contributed by atoms with Crippen LogP contribution in [0, 0.1) is 12.8 Å². The number of rotatable bonds is 4. The van der Waals surface area contributed by atoms with E-state index in [0.717, 1.165) is 4.47 Å². The maximum atomic E-state index is 12.6. The van der Waals surface area contributed by atoms with Gasteiger partial charge in [-0.1, -0.05) is 15.9 Å². The molecule has 116 valence electrons. The maximum Gasteiger partial charge on any atom is 0.404 e. The van der Waals surface area contributed by atoms with Crippen molar-refractivity contribution in [2.75, 3.05) is 19.6 Å². The van der Waals surface area contributed by atoms with Crippen molar-refractivity contribution in [1.82, 2.24) is 9.62 Å². The first kappa shape index (κ1) is 16.3. The van der Waals surface area contributed by atoms with Crippen LogP contribution in [0.3, 0.4) is 0 Å². The summed E-state index contributed by atoms with van der Waals surface area (Å²) < 4.78 is 27.5. The Morgan fingerprint density at radius 1 is 1.52 bits per heavy atom. The number of carbonyl (C=O) groups is 1. The fraction of sp³-hybridized carbons (Fsp3) is 0.462. The third-order valence-electron chi connectivity index (χ3n) is 3.55. The second-order valence-electron chi connectivity index (χ2n) is 5.11.